The molecule has 118 valence electrons. The van der Waals surface area contributed by atoms with Gasteiger partial charge in [0.2, 0.25) is 0 Å². The Morgan fingerprint density at radius 3 is 2.74 bits per heavy atom. The highest BCUT2D eigenvalue weighted by molar-refractivity contribution is 5.61. The Morgan fingerprint density at radius 2 is 1.91 bits per heavy atom. The summed E-state index contributed by atoms with van der Waals surface area (Å²) >= 11 is 0. The Bertz CT molecular complexity index is 783. The lowest BCUT2D eigenvalue weighted by atomic mass is 10.1. The van der Waals surface area contributed by atoms with Gasteiger partial charge < -0.3 is 15.2 Å². The van der Waals surface area contributed by atoms with Gasteiger partial charge in [-0.1, -0.05) is 24.3 Å². The second kappa shape index (κ2) is 6.87. The van der Waals surface area contributed by atoms with Gasteiger partial charge in [-0.3, -0.25) is 5.10 Å². The number of para-hydroxylation sites is 2. The highest BCUT2D eigenvalue weighted by atomic mass is 16.5. The van der Waals surface area contributed by atoms with Crippen molar-refractivity contribution in [2.75, 3.05) is 12.3 Å². The number of nitrogens with one attached hydrogen (secondary N) is 1. The van der Waals surface area contributed by atoms with Gasteiger partial charge in [-0.15, -0.1) is 0 Å². The lowest BCUT2D eigenvalue weighted by Gasteiger charge is -2.06. The molecule has 5 nitrogen and oxygen atoms in total. The van der Waals surface area contributed by atoms with Gasteiger partial charge in [-0.2, -0.15) is 5.10 Å². The van der Waals surface area contributed by atoms with Crippen LogP contribution >= 0.6 is 0 Å². The van der Waals surface area contributed by atoms with Crippen LogP contribution in [0.2, 0.25) is 0 Å². The summed E-state index contributed by atoms with van der Waals surface area (Å²) in [5.41, 5.74) is 9.21. The maximum atomic E-state index is 5.86. The van der Waals surface area contributed by atoms with E-state index in [-0.39, 0.29) is 0 Å². The van der Waals surface area contributed by atoms with Crippen LogP contribution in [0.15, 0.2) is 54.6 Å². The summed E-state index contributed by atoms with van der Waals surface area (Å²) in [6.07, 6.45) is 0. The molecule has 0 aliphatic rings. The van der Waals surface area contributed by atoms with E-state index in [1.807, 2.05) is 61.5 Å². The van der Waals surface area contributed by atoms with Crippen LogP contribution in [-0.2, 0) is 6.61 Å². The minimum Gasteiger partial charge on any atom is -0.494 e. The van der Waals surface area contributed by atoms with E-state index in [0.717, 1.165) is 22.7 Å². The van der Waals surface area contributed by atoms with E-state index in [0.29, 0.717) is 24.7 Å². The van der Waals surface area contributed by atoms with E-state index in [1.54, 1.807) is 0 Å². The molecule has 3 rings (SSSR count). The van der Waals surface area contributed by atoms with Crippen LogP contribution in [0.5, 0.6) is 11.5 Å². The number of ether oxygens (including phenoxy) is 2. The monoisotopic (exact) mass is 309 g/mol. The SMILES string of the molecule is CCOc1cccc(-c2cc(COc3ccccc3N)[nH]n2)c1. The van der Waals surface area contributed by atoms with Crippen molar-refractivity contribution < 1.29 is 9.47 Å². The highest BCUT2D eigenvalue weighted by Gasteiger charge is 2.07. The van der Waals surface area contributed by atoms with Gasteiger partial charge in [-0.05, 0) is 37.3 Å². The van der Waals surface area contributed by atoms with Crippen molar-refractivity contribution in [1.82, 2.24) is 10.2 Å². The zero-order valence-electron chi connectivity index (χ0n) is 13.0. The molecule has 0 fully saturated rings. The summed E-state index contributed by atoms with van der Waals surface area (Å²) in [6, 6.07) is 17.2. The van der Waals surface area contributed by atoms with Crippen molar-refractivity contribution in [2.45, 2.75) is 13.5 Å². The molecule has 0 aliphatic carbocycles. The molecule has 0 bridgehead atoms. The van der Waals surface area contributed by atoms with Gasteiger partial charge in [0.15, 0.2) is 0 Å². The Morgan fingerprint density at radius 1 is 1.04 bits per heavy atom. The molecule has 3 aromatic rings. The number of hydrogen-bond donors (Lipinski definition) is 2. The van der Waals surface area contributed by atoms with Crippen LogP contribution in [-0.4, -0.2) is 16.8 Å². The predicted octanol–water partition coefficient (Wildman–Crippen LogP) is 3.64. The predicted molar refractivity (Wildman–Crippen MR) is 90.4 cm³/mol. The molecule has 0 saturated carbocycles. The van der Waals surface area contributed by atoms with Crippen LogP contribution in [0.3, 0.4) is 0 Å². The largest absolute Gasteiger partial charge is 0.494 e. The van der Waals surface area contributed by atoms with Gasteiger partial charge in [0.05, 0.1) is 23.7 Å². The average molecular weight is 309 g/mol. The van der Waals surface area contributed by atoms with E-state index in [2.05, 4.69) is 10.2 Å². The fraction of sp³-hybridized carbons (Fsp3) is 0.167. The van der Waals surface area contributed by atoms with Gasteiger partial charge in [0.25, 0.3) is 0 Å². The molecular formula is C18H19N3O2. The lowest BCUT2D eigenvalue weighted by Crippen LogP contribution is -1.98. The number of H-pyrrole nitrogens is 1. The van der Waals surface area contributed by atoms with Crippen molar-refractivity contribution in [2.24, 2.45) is 0 Å². The summed E-state index contributed by atoms with van der Waals surface area (Å²) < 4.78 is 11.2. The fourth-order valence-corrected chi connectivity index (χ4v) is 2.26. The molecular weight excluding hydrogens is 290 g/mol. The zero-order valence-corrected chi connectivity index (χ0v) is 13.0. The number of aromatic amines is 1. The second-order valence-corrected chi connectivity index (χ2v) is 5.07. The molecule has 0 atom stereocenters. The van der Waals surface area contributed by atoms with Crippen molar-refractivity contribution in [1.29, 1.82) is 0 Å². The molecule has 3 N–H and O–H groups in total. The molecule has 0 radical (unpaired) electrons. The number of aromatic nitrogens is 2. The first kappa shape index (κ1) is 15.0. The summed E-state index contributed by atoms with van der Waals surface area (Å²) in [5.74, 6) is 1.50. The third kappa shape index (κ3) is 3.63. The van der Waals surface area contributed by atoms with Crippen molar-refractivity contribution in [3.63, 3.8) is 0 Å². The van der Waals surface area contributed by atoms with Gasteiger partial charge in [0, 0.05) is 5.56 Å². The van der Waals surface area contributed by atoms with Crippen LogP contribution in [0.1, 0.15) is 12.6 Å². The van der Waals surface area contributed by atoms with Crippen LogP contribution in [0.4, 0.5) is 5.69 Å². The van der Waals surface area contributed by atoms with Crippen LogP contribution < -0.4 is 15.2 Å². The number of nitrogens with zero attached hydrogens (tertiary/aromatic N) is 1. The van der Waals surface area contributed by atoms with E-state index < -0.39 is 0 Å². The number of nitrogens with two attached hydrogens (primary N) is 1. The Kier molecular flexibility index (Phi) is 4.47. The Balaban J connectivity index is 1.71. The fourth-order valence-electron chi connectivity index (χ4n) is 2.26. The second-order valence-electron chi connectivity index (χ2n) is 5.07. The topological polar surface area (TPSA) is 73.2 Å². The zero-order chi connectivity index (χ0) is 16.1. The minimum absolute atomic E-state index is 0.381. The molecule has 2 aromatic carbocycles. The standard InChI is InChI=1S/C18H19N3O2/c1-2-22-15-7-5-6-13(10-15)17-11-14(20-21-17)12-23-18-9-4-3-8-16(18)19/h3-11H,2,12,19H2,1H3,(H,20,21). The van der Waals surface area contributed by atoms with E-state index >= 15 is 0 Å². The van der Waals surface area contributed by atoms with Crippen molar-refractivity contribution in [3.8, 4) is 22.8 Å². The maximum absolute atomic E-state index is 5.86. The van der Waals surface area contributed by atoms with Crippen molar-refractivity contribution in [3.05, 3.63) is 60.3 Å². The highest BCUT2D eigenvalue weighted by Crippen LogP contribution is 2.24. The van der Waals surface area contributed by atoms with E-state index in [1.165, 1.54) is 0 Å². The van der Waals surface area contributed by atoms with Crippen LogP contribution in [0, 0.1) is 0 Å². The van der Waals surface area contributed by atoms with Crippen LogP contribution in [0.25, 0.3) is 11.3 Å². The van der Waals surface area contributed by atoms with E-state index in [4.69, 9.17) is 15.2 Å². The van der Waals surface area contributed by atoms with Gasteiger partial charge >= 0.3 is 0 Å². The third-order valence-electron chi connectivity index (χ3n) is 3.37. The Hall–Kier alpha value is -2.95. The smallest absolute Gasteiger partial charge is 0.142 e. The number of nitrogen functional groups attached to an aromatic ring is 1. The molecule has 1 aromatic heterocycles. The number of hydrogen-bond acceptors (Lipinski definition) is 4. The first-order chi connectivity index (χ1) is 11.3. The molecule has 23 heavy (non-hydrogen) atoms. The summed E-state index contributed by atoms with van der Waals surface area (Å²) in [7, 11) is 0. The summed E-state index contributed by atoms with van der Waals surface area (Å²) in [5, 5.41) is 7.32. The molecule has 0 amide bonds. The molecule has 0 unspecified atom stereocenters. The molecule has 0 aliphatic heterocycles. The minimum atomic E-state index is 0.381. The van der Waals surface area contributed by atoms with E-state index in [9.17, 15) is 0 Å². The molecule has 0 spiro atoms. The molecule has 5 heteroatoms. The normalized spacial score (nSPS) is 10.5. The van der Waals surface area contributed by atoms with Crippen molar-refractivity contribution >= 4 is 5.69 Å². The third-order valence-corrected chi connectivity index (χ3v) is 3.37. The average Bonchev–Trinajstić information content (AvgIpc) is 3.04. The first-order valence-electron chi connectivity index (χ1n) is 7.51. The van der Waals surface area contributed by atoms with Gasteiger partial charge in [-0.25, -0.2) is 0 Å². The number of anilines is 1. The number of benzene rings is 2. The number of rotatable bonds is 6. The maximum Gasteiger partial charge on any atom is 0.142 e. The first-order valence-corrected chi connectivity index (χ1v) is 7.51. The summed E-state index contributed by atoms with van der Waals surface area (Å²) in [6.45, 7) is 2.99. The molecule has 0 saturated heterocycles. The summed E-state index contributed by atoms with van der Waals surface area (Å²) in [4.78, 5) is 0. The quantitative estimate of drug-likeness (QED) is 0.682. The Labute approximate surface area is 135 Å². The lowest BCUT2D eigenvalue weighted by molar-refractivity contribution is 0.303. The molecule has 1 heterocycles. The van der Waals surface area contributed by atoms with Gasteiger partial charge in [0.1, 0.15) is 18.1 Å².